The number of hydrazone groups is 1. The molecule has 0 aliphatic carbocycles. The van der Waals surface area contributed by atoms with Gasteiger partial charge in [0, 0.05) is 29.6 Å². The number of rotatable bonds is 4. The average molecular weight is 428 g/mol. The van der Waals surface area contributed by atoms with Crippen molar-refractivity contribution in [3.63, 3.8) is 0 Å². The molecule has 25 heavy (non-hydrogen) atoms. The Morgan fingerprint density at radius 2 is 1.96 bits per heavy atom. The number of halogens is 1. The summed E-state index contributed by atoms with van der Waals surface area (Å²) in [5, 5.41) is 10.9. The summed E-state index contributed by atoms with van der Waals surface area (Å²) < 4.78 is 28.3. The second-order valence-corrected chi connectivity index (χ2v) is 8.84. The first-order valence-corrected chi connectivity index (χ1v) is 9.98. The number of benzene rings is 1. The first kappa shape index (κ1) is 18.0. The van der Waals surface area contributed by atoms with E-state index in [9.17, 15) is 13.2 Å². The SMILES string of the molecule is N=C(C=NN)C(=O)N1CC2CCC(C1)N2S(=O)(=O)c1cccc(Br)c1. The molecule has 2 heterocycles. The van der Waals surface area contributed by atoms with Gasteiger partial charge < -0.3 is 10.7 Å². The van der Waals surface area contributed by atoms with Crippen molar-refractivity contribution >= 4 is 43.8 Å². The zero-order chi connectivity index (χ0) is 18.2. The first-order valence-electron chi connectivity index (χ1n) is 7.75. The van der Waals surface area contributed by atoms with Gasteiger partial charge in [-0.2, -0.15) is 9.41 Å². The molecule has 0 radical (unpaired) electrons. The van der Waals surface area contributed by atoms with Crippen LogP contribution >= 0.6 is 15.9 Å². The molecule has 0 spiro atoms. The monoisotopic (exact) mass is 427 g/mol. The lowest BCUT2D eigenvalue weighted by molar-refractivity contribution is -0.126. The van der Waals surface area contributed by atoms with Gasteiger partial charge in [0.1, 0.15) is 5.71 Å². The topological polar surface area (TPSA) is 120 Å². The zero-order valence-electron chi connectivity index (χ0n) is 13.3. The number of carbonyl (C=O) groups is 1. The van der Waals surface area contributed by atoms with E-state index in [1.54, 1.807) is 24.3 Å². The van der Waals surface area contributed by atoms with Crippen molar-refractivity contribution in [2.45, 2.75) is 29.8 Å². The van der Waals surface area contributed by atoms with Crippen LogP contribution in [0.1, 0.15) is 12.8 Å². The maximum atomic E-state index is 13.0. The van der Waals surface area contributed by atoms with Crippen LogP contribution < -0.4 is 5.84 Å². The maximum absolute atomic E-state index is 13.0. The van der Waals surface area contributed by atoms with E-state index in [1.807, 2.05) is 0 Å². The number of sulfonamides is 1. The number of nitrogens with zero attached hydrogens (tertiary/aromatic N) is 3. The van der Waals surface area contributed by atoms with E-state index in [4.69, 9.17) is 11.3 Å². The van der Waals surface area contributed by atoms with Crippen LogP contribution in [-0.2, 0) is 14.8 Å². The van der Waals surface area contributed by atoms with Crippen molar-refractivity contribution < 1.29 is 13.2 Å². The van der Waals surface area contributed by atoms with Crippen LogP contribution in [0.25, 0.3) is 0 Å². The number of amides is 1. The summed E-state index contributed by atoms with van der Waals surface area (Å²) in [6.45, 7) is 0.534. The van der Waals surface area contributed by atoms with Gasteiger partial charge in [0.25, 0.3) is 5.91 Å². The molecular weight excluding hydrogens is 410 g/mol. The highest BCUT2D eigenvalue weighted by molar-refractivity contribution is 9.10. The number of fused-ring (bicyclic) bond motifs is 2. The van der Waals surface area contributed by atoms with Gasteiger partial charge >= 0.3 is 0 Å². The van der Waals surface area contributed by atoms with Crippen LogP contribution in [0.3, 0.4) is 0 Å². The normalized spacial score (nSPS) is 24.0. The van der Waals surface area contributed by atoms with Gasteiger partial charge in [-0.05, 0) is 31.0 Å². The highest BCUT2D eigenvalue weighted by Crippen LogP contribution is 2.35. The van der Waals surface area contributed by atoms with Crippen LogP contribution in [0.2, 0.25) is 0 Å². The fourth-order valence-corrected chi connectivity index (χ4v) is 5.92. The van der Waals surface area contributed by atoms with Crippen molar-refractivity contribution in [3.8, 4) is 0 Å². The molecule has 8 nitrogen and oxygen atoms in total. The molecule has 1 amide bonds. The van der Waals surface area contributed by atoms with Crippen LogP contribution in [0.4, 0.5) is 0 Å². The summed E-state index contributed by atoms with van der Waals surface area (Å²) in [6.07, 6.45) is 2.38. The number of likely N-dealkylation sites (tertiary alicyclic amines) is 1. The fraction of sp³-hybridized carbons (Fsp3) is 0.400. The number of piperazine rings is 1. The van der Waals surface area contributed by atoms with Crippen LogP contribution in [0, 0.1) is 5.41 Å². The van der Waals surface area contributed by atoms with Gasteiger partial charge in [-0.1, -0.05) is 22.0 Å². The molecule has 10 heteroatoms. The van der Waals surface area contributed by atoms with Crippen LogP contribution in [0.5, 0.6) is 0 Å². The molecule has 2 saturated heterocycles. The Hall–Kier alpha value is -1.78. The van der Waals surface area contributed by atoms with Gasteiger partial charge in [0.05, 0.1) is 11.1 Å². The lowest BCUT2D eigenvalue weighted by Gasteiger charge is -2.39. The Kier molecular flexibility index (Phi) is 4.94. The third kappa shape index (κ3) is 3.33. The van der Waals surface area contributed by atoms with Crippen molar-refractivity contribution in [2.75, 3.05) is 13.1 Å². The molecule has 2 aliphatic rings. The predicted octanol–water partition coefficient (Wildman–Crippen LogP) is 0.777. The molecule has 2 fully saturated rings. The summed E-state index contributed by atoms with van der Waals surface area (Å²) >= 11 is 3.30. The highest BCUT2D eigenvalue weighted by atomic mass is 79.9. The molecule has 3 N–H and O–H groups in total. The number of hydrogen-bond acceptors (Lipinski definition) is 6. The Labute approximate surface area is 154 Å². The summed E-state index contributed by atoms with van der Waals surface area (Å²) in [5.41, 5.74) is -0.301. The van der Waals surface area contributed by atoms with E-state index in [-0.39, 0.29) is 35.8 Å². The Balaban J connectivity index is 1.84. The highest BCUT2D eigenvalue weighted by Gasteiger charge is 2.47. The number of nitrogens with one attached hydrogen (secondary N) is 1. The average Bonchev–Trinajstić information content (AvgIpc) is 2.86. The van der Waals surface area contributed by atoms with Gasteiger partial charge in [0.15, 0.2) is 0 Å². The van der Waals surface area contributed by atoms with Crippen LogP contribution in [0.15, 0.2) is 38.7 Å². The van der Waals surface area contributed by atoms with E-state index in [0.29, 0.717) is 17.3 Å². The molecule has 1 aromatic carbocycles. The molecule has 2 aliphatic heterocycles. The van der Waals surface area contributed by atoms with Crippen molar-refractivity contribution in [3.05, 3.63) is 28.7 Å². The molecule has 2 bridgehead atoms. The van der Waals surface area contributed by atoms with Crippen LogP contribution in [-0.4, -0.2) is 60.6 Å². The quantitative estimate of drug-likeness (QED) is 0.418. The van der Waals surface area contributed by atoms with Crippen molar-refractivity contribution in [1.29, 1.82) is 5.41 Å². The van der Waals surface area contributed by atoms with Gasteiger partial charge in [-0.25, -0.2) is 8.42 Å². The van der Waals surface area contributed by atoms with E-state index >= 15 is 0 Å². The molecule has 1 aromatic rings. The first-order chi connectivity index (χ1) is 11.8. The Bertz CT molecular complexity index is 827. The lowest BCUT2D eigenvalue weighted by Crippen LogP contribution is -2.58. The predicted molar refractivity (Wildman–Crippen MR) is 97.0 cm³/mol. The molecular formula is C15H18BrN5O3S. The standard InChI is InChI=1S/C15H18BrN5O3S/c16-10-2-1-3-13(6-10)25(23,24)21-11-4-5-12(21)9-20(8-11)15(22)14(17)7-19-18/h1-3,6-7,11-12,17H,4-5,8-9,18H2. The third-order valence-corrected chi connectivity index (χ3v) is 7.00. The van der Waals surface area contributed by atoms with Gasteiger partial charge in [-0.15, -0.1) is 0 Å². The summed E-state index contributed by atoms with van der Waals surface area (Å²) in [6, 6.07) is 6.05. The number of carbonyl (C=O) groups excluding carboxylic acids is 1. The summed E-state index contributed by atoms with van der Waals surface area (Å²) in [5.74, 6) is 4.51. The smallest absolute Gasteiger partial charge is 0.273 e. The molecule has 2 unspecified atom stereocenters. The van der Waals surface area contributed by atoms with Gasteiger partial charge in [-0.3, -0.25) is 10.2 Å². The minimum atomic E-state index is -3.63. The molecule has 0 saturated carbocycles. The van der Waals surface area contributed by atoms with Gasteiger partial charge in [0.2, 0.25) is 10.0 Å². The second kappa shape index (κ2) is 6.85. The van der Waals surface area contributed by atoms with E-state index in [1.165, 1.54) is 9.21 Å². The summed E-state index contributed by atoms with van der Waals surface area (Å²) in [7, 11) is -3.63. The largest absolute Gasteiger partial charge is 0.334 e. The van der Waals surface area contributed by atoms with E-state index < -0.39 is 15.9 Å². The molecule has 3 rings (SSSR count). The fourth-order valence-electron chi connectivity index (χ4n) is 3.47. The number of hydrogen-bond donors (Lipinski definition) is 2. The molecule has 0 aromatic heterocycles. The Morgan fingerprint density at radius 1 is 1.32 bits per heavy atom. The maximum Gasteiger partial charge on any atom is 0.273 e. The van der Waals surface area contributed by atoms with Crippen molar-refractivity contribution in [2.24, 2.45) is 10.9 Å². The minimum Gasteiger partial charge on any atom is -0.334 e. The zero-order valence-corrected chi connectivity index (χ0v) is 15.7. The molecule has 134 valence electrons. The van der Waals surface area contributed by atoms with Crippen molar-refractivity contribution in [1.82, 2.24) is 9.21 Å². The Morgan fingerprint density at radius 3 is 2.52 bits per heavy atom. The lowest BCUT2D eigenvalue weighted by atomic mass is 10.2. The summed E-state index contributed by atoms with van der Waals surface area (Å²) in [4.78, 5) is 14.0. The third-order valence-electron chi connectivity index (χ3n) is 4.51. The van der Waals surface area contributed by atoms with E-state index in [0.717, 1.165) is 6.21 Å². The second-order valence-electron chi connectivity index (χ2n) is 6.08. The molecule has 2 atom stereocenters. The minimum absolute atomic E-state index is 0.238. The number of nitrogens with two attached hydrogens (primary N) is 1. The van der Waals surface area contributed by atoms with E-state index in [2.05, 4.69) is 21.0 Å².